The molecule has 5 aliphatic rings. The number of cyclic esters (lactones) is 1. The number of Topliss-reactive ketones (excluding diaryl/α,β-unsaturated/α-hetero) is 2. The van der Waals surface area contributed by atoms with Crippen LogP contribution in [0.5, 0.6) is 0 Å². The molecule has 0 unspecified atom stereocenters. The van der Waals surface area contributed by atoms with E-state index in [-0.39, 0.29) is 82.0 Å². The molecular formula is C70H116N4O20. The maximum Gasteiger partial charge on any atom is 0.410 e. The van der Waals surface area contributed by atoms with E-state index in [0.717, 1.165) is 5.57 Å². The number of nitrogens with two attached hydrogens (primary N) is 1. The molecule has 2 bridgehead atoms. The molecule has 0 radical (unpaired) electrons. The fraction of sp³-hybridized carbons (Fsp3) is 0.800. The van der Waals surface area contributed by atoms with Crippen molar-refractivity contribution in [3.8, 4) is 0 Å². The number of amides is 3. The van der Waals surface area contributed by atoms with Crippen LogP contribution in [0, 0.1) is 35.5 Å². The molecule has 0 aromatic heterocycles. The molecule has 1 saturated carbocycles. The molecule has 0 aromatic carbocycles. The molecule has 3 saturated heterocycles. The summed E-state index contributed by atoms with van der Waals surface area (Å²) in [5.41, 5.74) is 6.69. The Balaban J connectivity index is 1.23. The van der Waals surface area contributed by atoms with Gasteiger partial charge in [0.05, 0.1) is 89.4 Å². The van der Waals surface area contributed by atoms with E-state index < -0.39 is 114 Å². The number of nitrogens with one attached hydrogen (secondary N) is 1. The maximum atomic E-state index is 14.8. The average Bonchev–Trinajstić information content (AvgIpc) is 0.781. The van der Waals surface area contributed by atoms with E-state index >= 15 is 0 Å². The molecule has 0 spiro atoms. The number of methoxy groups -OCH3 is 3. The summed E-state index contributed by atoms with van der Waals surface area (Å²) >= 11 is 0. The minimum Gasteiger partial charge on any atom is -0.460 e. The second kappa shape index (κ2) is 41.0. The molecule has 536 valence electrons. The van der Waals surface area contributed by atoms with Gasteiger partial charge < -0.3 is 88.3 Å². The fourth-order valence-corrected chi connectivity index (χ4v) is 13.3. The van der Waals surface area contributed by atoms with E-state index in [0.29, 0.717) is 129 Å². The zero-order chi connectivity index (χ0) is 69.0. The monoisotopic (exact) mass is 1330 g/mol. The Labute approximate surface area is 558 Å². The summed E-state index contributed by atoms with van der Waals surface area (Å²) in [5.74, 6) is -8.26. The fourth-order valence-electron chi connectivity index (χ4n) is 13.3. The van der Waals surface area contributed by atoms with Crippen molar-refractivity contribution in [1.29, 1.82) is 0 Å². The number of rotatable bonds is 24. The molecule has 16 atom stereocenters. The van der Waals surface area contributed by atoms with Crippen molar-refractivity contribution >= 4 is 35.4 Å². The van der Waals surface area contributed by atoms with Crippen LogP contribution in [-0.2, 0) is 76.1 Å². The van der Waals surface area contributed by atoms with E-state index in [9.17, 15) is 44.1 Å². The lowest BCUT2D eigenvalue weighted by molar-refractivity contribution is -0.265. The standard InChI is InChI=1S/C70H116N4O20/c1-12-87-32-33-89-36-37-91-39-38-90-35-34-88-31-27-72-67(81)69(71)25-29-73(30-26-69)68(82)93-57-24-22-53(43-60(57)85-10)42-49(5)59-45-56(75)48(4)41-51(7)62(77)63(86-11)61(76)50(6)40-46(2)18-14-13-15-19-47(3)58(84-9)44-54-23-21-52(8)70(83,94-54)64(78)65(79)74-28-17-16-20-55(74)66(80)92-59/h13-15,18-19,41,46,48-50,52-60,62-63,75,77,83H,12,16-17,20-40,42-45,71H2,1-11H3,(H,72,81)/b15-13+,18-14+,47-19+,51-41+/t46-,48-,49-,50-,52-,53+,54+,55+,56-,57-,58+,59+,60-,62-,63+,70-/m1/s1. The molecule has 24 heteroatoms. The van der Waals surface area contributed by atoms with Crippen molar-refractivity contribution in [1.82, 2.24) is 15.1 Å². The summed E-state index contributed by atoms with van der Waals surface area (Å²) in [6, 6.07) is -1.18. The molecule has 6 N–H and O–H groups in total. The van der Waals surface area contributed by atoms with E-state index in [4.69, 9.17) is 57.8 Å². The van der Waals surface area contributed by atoms with Crippen LogP contribution in [0.15, 0.2) is 47.6 Å². The zero-order valence-corrected chi connectivity index (χ0v) is 58.2. The number of piperidine rings is 2. The lowest BCUT2D eigenvalue weighted by atomic mass is 9.78. The normalized spacial score (nSPS) is 33.8. The Bertz CT molecular complexity index is 2470. The molecule has 4 aliphatic heterocycles. The number of esters is 1. The number of hydrogen-bond acceptors (Lipinski definition) is 21. The van der Waals surface area contributed by atoms with Gasteiger partial charge in [-0.1, -0.05) is 71.1 Å². The number of ketones is 2. The summed E-state index contributed by atoms with van der Waals surface area (Å²) in [6.45, 7) is 20.0. The van der Waals surface area contributed by atoms with Crippen LogP contribution >= 0.6 is 0 Å². The Kier molecular flexibility index (Phi) is 35.0. The zero-order valence-electron chi connectivity index (χ0n) is 58.2. The van der Waals surface area contributed by atoms with Gasteiger partial charge in [-0.25, -0.2) is 9.59 Å². The number of hydrogen-bond donors (Lipinski definition) is 5. The van der Waals surface area contributed by atoms with Gasteiger partial charge in [-0.15, -0.1) is 0 Å². The third kappa shape index (κ3) is 24.5. The molecule has 5 rings (SSSR count). The van der Waals surface area contributed by atoms with Gasteiger partial charge in [-0.2, -0.15) is 0 Å². The molecule has 0 aromatic rings. The summed E-state index contributed by atoms with van der Waals surface area (Å²) in [4.78, 5) is 87.4. The smallest absolute Gasteiger partial charge is 0.410 e. The molecule has 24 nitrogen and oxygen atoms in total. The van der Waals surface area contributed by atoms with E-state index in [1.807, 2.05) is 65.0 Å². The number of carbonyl (C=O) groups excluding carboxylic acids is 6. The molecule has 4 fully saturated rings. The number of likely N-dealkylation sites (tertiary alicyclic amines) is 1. The van der Waals surface area contributed by atoms with Gasteiger partial charge in [0, 0.05) is 84.7 Å². The van der Waals surface area contributed by atoms with E-state index in [1.54, 1.807) is 46.0 Å². The highest BCUT2D eigenvalue weighted by Gasteiger charge is 2.53. The van der Waals surface area contributed by atoms with Crippen molar-refractivity contribution in [2.45, 2.75) is 211 Å². The average molecular weight is 1330 g/mol. The Hall–Kier alpha value is -4.54. The number of aliphatic hydroxyl groups is 3. The second-order valence-corrected chi connectivity index (χ2v) is 26.7. The number of carbonyl (C=O) groups is 6. The van der Waals surface area contributed by atoms with Gasteiger partial charge in [0.15, 0.2) is 5.78 Å². The predicted molar refractivity (Wildman–Crippen MR) is 351 cm³/mol. The summed E-state index contributed by atoms with van der Waals surface area (Å²) in [7, 11) is 4.52. The van der Waals surface area contributed by atoms with Crippen molar-refractivity contribution in [3.63, 3.8) is 0 Å². The first-order valence-electron chi connectivity index (χ1n) is 34.5. The summed E-state index contributed by atoms with van der Waals surface area (Å²) in [5, 5.41) is 38.7. The SMILES string of the molecule is CCOCCOCCOCCOCCOCCNC(=O)C1(N)CCN(C(=O)O[C@@H]2CC[C@@H](C[C@@H](C)[C@@H]3C[C@@H](O)[C@H](C)/C=C(\C)[C@@H](O)[C@@H](OC)C(=O)[C@H](C)C[C@H](C)/C=C/C=C/C=C(\C)[C@@H](OC)C[C@@H]4CC[C@@H](C)[C@@](O)(O4)C(=O)C(=O)N4CCCC[C@H]4C(=O)O3)C[C@H]2OC)CC1. The topological polar surface area (TPSA) is 309 Å². The van der Waals surface area contributed by atoms with E-state index in [2.05, 4.69) is 5.32 Å². The number of nitrogens with zero attached hydrogens (tertiary/aromatic N) is 2. The molecule has 4 heterocycles. The van der Waals surface area contributed by atoms with Crippen LogP contribution in [0.4, 0.5) is 4.79 Å². The largest absolute Gasteiger partial charge is 0.460 e. The van der Waals surface area contributed by atoms with Gasteiger partial charge in [0.25, 0.3) is 11.7 Å². The first kappa shape index (κ1) is 80.1. The van der Waals surface area contributed by atoms with Gasteiger partial charge in [-0.05, 0) is 127 Å². The number of fused-ring (bicyclic) bond motifs is 3. The van der Waals surface area contributed by atoms with Gasteiger partial charge >= 0.3 is 12.1 Å². The van der Waals surface area contributed by atoms with Gasteiger partial charge in [0.1, 0.15) is 30.5 Å². The maximum absolute atomic E-state index is 14.8. The van der Waals surface area contributed by atoms with Gasteiger partial charge in [-0.3, -0.25) is 19.2 Å². The van der Waals surface area contributed by atoms with Crippen LogP contribution in [0.25, 0.3) is 0 Å². The van der Waals surface area contributed by atoms with Crippen LogP contribution in [0.3, 0.4) is 0 Å². The van der Waals surface area contributed by atoms with Crippen molar-refractivity contribution in [2.75, 3.05) is 114 Å². The highest BCUT2D eigenvalue weighted by molar-refractivity contribution is 6.39. The number of aliphatic hydroxyl groups excluding tert-OH is 2. The number of allylic oxidation sites excluding steroid dienone is 5. The Morgan fingerprint density at radius 1 is 0.745 bits per heavy atom. The van der Waals surface area contributed by atoms with E-state index in [1.165, 1.54) is 12.0 Å². The summed E-state index contributed by atoms with van der Waals surface area (Å²) < 4.78 is 63.6. The minimum absolute atomic E-state index is 0.00471. The van der Waals surface area contributed by atoms with Crippen LogP contribution in [0.2, 0.25) is 0 Å². The first-order valence-corrected chi connectivity index (χ1v) is 34.5. The lowest BCUT2D eigenvalue weighted by Crippen LogP contribution is -2.61. The third-order valence-electron chi connectivity index (χ3n) is 19.5. The van der Waals surface area contributed by atoms with Crippen LogP contribution in [0.1, 0.15) is 145 Å². The molecular weight excluding hydrogens is 1220 g/mol. The van der Waals surface area contributed by atoms with Crippen LogP contribution < -0.4 is 11.1 Å². The predicted octanol–water partition coefficient (Wildman–Crippen LogP) is 6.13. The van der Waals surface area contributed by atoms with Gasteiger partial charge in [0.2, 0.25) is 11.7 Å². The van der Waals surface area contributed by atoms with Crippen molar-refractivity contribution < 1.29 is 96.2 Å². The van der Waals surface area contributed by atoms with Crippen molar-refractivity contribution in [2.24, 2.45) is 41.2 Å². The molecule has 94 heavy (non-hydrogen) atoms. The molecule has 1 aliphatic carbocycles. The first-order chi connectivity index (χ1) is 44.9. The second-order valence-electron chi connectivity index (χ2n) is 26.7. The highest BCUT2D eigenvalue weighted by atomic mass is 16.6. The third-order valence-corrected chi connectivity index (χ3v) is 19.5. The lowest BCUT2D eigenvalue weighted by Gasteiger charge is -2.43. The van der Waals surface area contributed by atoms with Crippen LogP contribution in [-0.4, -0.2) is 240 Å². The van der Waals surface area contributed by atoms with Crippen molar-refractivity contribution in [3.05, 3.63) is 47.6 Å². The number of ether oxygens (including phenoxy) is 11. The summed E-state index contributed by atoms with van der Waals surface area (Å²) in [6.07, 6.45) is 9.39. The Morgan fingerprint density at radius 3 is 2.02 bits per heavy atom. The quantitative estimate of drug-likeness (QED) is 0.0314. The Morgan fingerprint density at radius 2 is 1.39 bits per heavy atom. The highest BCUT2D eigenvalue weighted by Crippen LogP contribution is 2.39. The minimum atomic E-state index is -2.47. The molecule has 3 amide bonds.